The van der Waals surface area contributed by atoms with Crippen molar-refractivity contribution in [2.45, 2.75) is 0 Å². The number of aromatic carboxylic acids is 5. The number of nitrogens with zero attached hydrogens (tertiary/aromatic N) is 5. The Morgan fingerprint density at radius 2 is 1.07 bits per heavy atom. The zero-order valence-corrected chi connectivity index (χ0v) is 46.7. The van der Waals surface area contributed by atoms with Crippen LogP contribution in [0.15, 0.2) is 95.8 Å². The minimum atomic E-state index is -1.93. The van der Waals surface area contributed by atoms with Gasteiger partial charge in [0.05, 0.1) is 58.9 Å². The van der Waals surface area contributed by atoms with Crippen LogP contribution in [0.3, 0.4) is 0 Å². The van der Waals surface area contributed by atoms with E-state index in [-0.39, 0.29) is 204 Å². The van der Waals surface area contributed by atoms with E-state index < -0.39 is 98.4 Å². The topological polar surface area (TPSA) is 339 Å². The summed E-state index contributed by atoms with van der Waals surface area (Å²) >= 11 is 0. The van der Waals surface area contributed by atoms with Crippen LogP contribution in [-0.2, 0) is 0 Å². The van der Waals surface area contributed by atoms with Crippen molar-refractivity contribution in [3.8, 4) is 22.8 Å². The molecule has 2 aromatic heterocycles. The van der Waals surface area contributed by atoms with Gasteiger partial charge in [-0.2, -0.15) is 15.0 Å². The molecule has 8 rings (SSSR count). The Balaban J connectivity index is 0.00000252. The van der Waals surface area contributed by atoms with Crippen molar-refractivity contribution in [1.29, 1.82) is 0 Å². The summed E-state index contributed by atoms with van der Waals surface area (Å²) < 4.78 is 0.889. The van der Waals surface area contributed by atoms with Gasteiger partial charge in [-0.05, 0) is 48.0 Å². The van der Waals surface area contributed by atoms with E-state index in [9.17, 15) is 64.2 Å². The second-order valence-corrected chi connectivity index (χ2v) is 13.5. The number of pyridine rings is 1. The quantitative estimate of drug-likeness (QED) is 0.0652. The SMILES string of the molecule is [C-]#[N+]c1c2c3c(c(Nc4cc(Nc5nc(O)nc(Nc6ccccc6C(=O)[O-])n5)c(C(=O)[O-])cc4C(=O)[O-])ccc3n(-c3ccc(C(=O)[O-])c(C(=O)[O-])c3)c1=O)C(=O)c1ccccc1-2.[Na+].[Na+].[Na+].[Na+].[Na+]. The Kier molecular flexibility index (Phi) is 20.1. The number of para-hydroxylation sites is 1. The van der Waals surface area contributed by atoms with Crippen molar-refractivity contribution in [1.82, 2.24) is 19.5 Å². The number of anilines is 6. The monoisotopic (exact) mass is 970 g/mol. The maximum atomic E-state index is 14.5. The summed E-state index contributed by atoms with van der Waals surface area (Å²) in [5, 5.41) is 78.6. The van der Waals surface area contributed by atoms with E-state index in [0.29, 0.717) is 6.07 Å². The summed E-state index contributed by atoms with van der Waals surface area (Å²) in [7, 11) is 0. The van der Waals surface area contributed by atoms with Crippen molar-refractivity contribution in [2.24, 2.45) is 0 Å². The van der Waals surface area contributed by atoms with E-state index in [0.717, 1.165) is 28.8 Å². The molecule has 314 valence electrons. The van der Waals surface area contributed by atoms with E-state index in [2.05, 4.69) is 35.7 Å². The Labute approximate surface area is 497 Å². The van der Waals surface area contributed by atoms with Crippen LogP contribution in [0.25, 0.3) is 32.6 Å². The number of rotatable bonds is 12. The Hall–Kier alpha value is -4.97. The van der Waals surface area contributed by atoms with Gasteiger partial charge in [-0.25, -0.2) is 4.85 Å². The zero-order chi connectivity index (χ0) is 45.7. The van der Waals surface area contributed by atoms with E-state index in [4.69, 9.17) is 6.57 Å². The maximum absolute atomic E-state index is 14.5. The van der Waals surface area contributed by atoms with Crippen LogP contribution in [0, 0.1) is 6.57 Å². The van der Waals surface area contributed by atoms with Gasteiger partial charge in [0.2, 0.25) is 11.9 Å². The average molecular weight is 971 g/mol. The standard InChI is InChI=1S/C43H24N8O13.5Na/c1-44-33-30-18-6-2-3-7-19(18)34(52)31-26(12-13-29(32(30)31)51(35(33)53)17-10-11-20(36(54)55)22(14-17)38(58)59)45-27-16-28(24(40(62)63)15-23(27)39(60)61)47-42-48-41(49-43(64)50-42)46-25-9-5-4-8-21(25)37(56)57;;;;;/h2-16,45H,(H,54,55)(H,56,57)(H,58,59)(H,60,61)(H,62,63)(H3,46,47,48,49,50,64);;;;;/q;5*+1/p-5. The van der Waals surface area contributed by atoms with Crippen LogP contribution in [0.5, 0.6) is 6.01 Å². The van der Waals surface area contributed by atoms with Gasteiger partial charge < -0.3 is 70.6 Å². The number of benzene rings is 5. The first-order valence-electron chi connectivity index (χ1n) is 18.1. The maximum Gasteiger partial charge on any atom is 1.00 e. The van der Waals surface area contributed by atoms with Crippen molar-refractivity contribution < 1.29 is 207 Å². The normalized spacial score (nSPS) is 10.4. The fraction of sp³-hybridized carbons (Fsp3) is 0. The first-order valence-corrected chi connectivity index (χ1v) is 18.1. The minimum Gasteiger partial charge on any atom is -0.545 e. The van der Waals surface area contributed by atoms with E-state index in [1.807, 2.05) is 0 Å². The fourth-order valence-electron chi connectivity index (χ4n) is 7.26. The average Bonchev–Trinajstić information content (AvgIpc) is 3.25. The Morgan fingerprint density at radius 3 is 1.65 bits per heavy atom. The molecule has 0 atom stereocenters. The molecule has 0 saturated carbocycles. The van der Waals surface area contributed by atoms with Crippen LogP contribution in [0.2, 0.25) is 0 Å². The number of carboxylic acids is 5. The smallest absolute Gasteiger partial charge is 0.545 e. The van der Waals surface area contributed by atoms with E-state index >= 15 is 0 Å². The summed E-state index contributed by atoms with van der Waals surface area (Å²) in [6.45, 7) is 8.07. The van der Waals surface area contributed by atoms with Crippen LogP contribution in [0.1, 0.15) is 67.7 Å². The molecule has 1 aliphatic rings. The molecule has 0 radical (unpaired) electrons. The van der Waals surface area contributed by atoms with Crippen molar-refractivity contribution in [3.63, 3.8) is 0 Å². The number of fused-ring (bicyclic) bond motifs is 2. The minimum absolute atomic E-state index is 0. The van der Waals surface area contributed by atoms with Crippen LogP contribution in [-0.4, -0.2) is 60.3 Å². The van der Waals surface area contributed by atoms with Crippen LogP contribution >= 0.6 is 0 Å². The second-order valence-electron chi connectivity index (χ2n) is 13.5. The van der Waals surface area contributed by atoms with Gasteiger partial charge in [-0.15, -0.1) is 0 Å². The van der Waals surface area contributed by atoms with Crippen LogP contribution < -0.4 is 195 Å². The Bertz CT molecular complexity index is 3420. The number of nitrogens with one attached hydrogen (secondary N) is 3. The number of carbonyl (C=O) groups is 6. The number of aromatic nitrogens is 4. The third-order valence-electron chi connectivity index (χ3n) is 9.93. The molecule has 0 aliphatic heterocycles. The molecule has 7 aromatic rings. The summed E-state index contributed by atoms with van der Waals surface area (Å²) in [5.74, 6) is -10.9. The summed E-state index contributed by atoms with van der Waals surface area (Å²) in [6.07, 6.45) is 0. The van der Waals surface area contributed by atoms with Crippen molar-refractivity contribution in [3.05, 3.63) is 152 Å². The van der Waals surface area contributed by atoms with Gasteiger partial charge >= 0.3 is 154 Å². The molecular weight excluding hydrogens is 951 g/mol. The Morgan fingerprint density at radius 1 is 0.536 bits per heavy atom. The molecule has 4 N–H and O–H groups in total. The molecule has 1 aliphatic carbocycles. The van der Waals surface area contributed by atoms with Gasteiger partial charge in [0.15, 0.2) is 5.78 Å². The van der Waals surface area contributed by atoms with Gasteiger partial charge in [0.25, 0.3) is 11.2 Å². The third kappa shape index (κ3) is 11.2. The summed E-state index contributed by atoms with van der Waals surface area (Å²) in [5.41, 5.74) is -6.57. The fourth-order valence-corrected chi connectivity index (χ4v) is 7.26. The predicted octanol–water partition coefficient (Wildman–Crippen LogP) is -15.3. The molecule has 0 amide bonds. The molecule has 21 nitrogen and oxygen atoms in total. The molecule has 0 unspecified atom stereocenters. The molecule has 5 aromatic carbocycles. The number of carboxylic acid groups (broad SMARTS) is 5. The first-order chi connectivity index (χ1) is 30.6. The van der Waals surface area contributed by atoms with Gasteiger partial charge in [0, 0.05) is 61.4 Å². The van der Waals surface area contributed by atoms with E-state index in [1.165, 1.54) is 54.6 Å². The molecular formula is C43H19N8Na5O13. The molecule has 0 bridgehead atoms. The van der Waals surface area contributed by atoms with Gasteiger partial charge in [-0.3, -0.25) is 14.2 Å². The molecule has 0 saturated heterocycles. The largest absolute Gasteiger partial charge is 1.00 e. The van der Waals surface area contributed by atoms with E-state index in [1.54, 1.807) is 6.07 Å². The number of aromatic hydroxyl groups is 1. The molecule has 0 spiro atoms. The number of carbonyl (C=O) groups excluding carboxylic acids is 6. The van der Waals surface area contributed by atoms with Crippen molar-refractivity contribution in [2.75, 3.05) is 16.0 Å². The number of hydrogen-bond acceptors (Lipinski definition) is 19. The molecule has 2 heterocycles. The number of hydrogen-bond donors (Lipinski definition) is 4. The molecule has 69 heavy (non-hydrogen) atoms. The third-order valence-corrected chi connectivity index (χ3v) is 9.93. The summed E-state index contributed by atoms with van der Waals surface area (Å²) in [6, 6.07) is 17.3. The predicted molar refractivity (Wildman–Crippen MR) is 211 cm³/mol. The molecule has 0 fully saturated rings. The first kappa shape index (κ1) is 58.3. The van der Waals surface area contributed by atoms with Gasteiger partial charge in [0.1, 0.15) is 0 Å². The second kappa shape index (κ2) is 23.8. The van der Waals surface area contributed by atoms with Gasteiger partial charge in [-0.1, -0.05) is 48.5 Å². The zero-order valence-electron chi connectivity index (χ0n) is 36.7. The van der Waals surface area contributed by atoms with Crippen molar-refractivity contribution >= 4 is 86.9 Å². The summed E-state index contributed by atoms with van der Waals surface area (Å²) in [4.78, 5) is 104. The van der Waals surface area contributed by atoms with Crippen LogP contribution in [0.4, 0.5) is 40.3 Å². The molecule has 26 heteroatoms. The number of ketones is 1.